The zero-order chi connectivity index (χ0) is 41.0. The maximum absolute atomic E-state index is 2.42. The summed E-state index contributed by atoms with van der Waals surface area (Å²) in [6.07, 6.45) is 0. The van der Waals surface area contributed by atoms with Crippen LogP contribution in [0.5, 0.6) is 0 Å². The highest BCUT2D eigenvalue weighted by Crippen LogP contribution is 2.41. The van der Waals surface area contributed by atoms with Gasteiger partial charge in [0.25, 0.3) is 0 Å². The zero-order valence-electron chi connectivity index (χ0n) is 34.0. The lowest BCUT2D eigenvalue weighted by Crippen LogP contribution is -1.94. The molecule has 12 aromatic rings. The van der Waals surface area contributed by atoms with Gasteiger partial charge in [-0.15, -0.1) is 0 Å². The van der Waals surface area contributed by atoms with Gasteiger partial charge in [0.15, 0.2) is 0 Å². The molecule has 0 aliphatic rings. The molecule has 0 aliphatic heterocycles. The van der Waals surface area contributed by atoms with Crippen LogP contribution >= 0.6 is 0 Å². The molecule has 12 rings (SSSR count). The summed E-state index contributed by atoms with van der Waals surface area (Å²) in [6, 6.07) is 88.6. The largest absolute Gasteiger partial charge is 0.309 e. The minimum Gasteiger partial charge on any atom is -0.309 e. The minimum absolute atomic E-state index is 1.15. The Bertz CT molecular complexity index is 3600. The third-order valence-electron chi connectivity index (χ3n) is 12.5. The van der Waals surface area contributed by atoms with Crippen LogP contribution in [0.15, 0.2) is 243 Å². The van der Waals surface area contributed by atoms with Gasteiger partial charge in [-0.25, -0.2) is 0 Å². The molecule has 0 radical (unpaired) electrons. The summed E-state index contributed by atoms with van der Waals surface area (Å²) in [5, 5.41) is 4.96. The van der Waals surface area contributed by atoms with Crippen molar-refractivity contribution in [2.45, 2.75) is 0 Å². The molecule has 0 spiro atoms. The lowest BCUT2D eigenvalue weighted by atomic mass is 9.91. The van der Waals surface area contributed by atoms with E-state index >= 15 is 0 Å². The molecule has 2 aromatic heterocycles. The Morgan fingerprint density at radius 1 is 0.177 bits per heavy atom. The van der Waals surface area contributed by atoms with Crippen LogP contribution < -0.4 is 0 Å². The lowest BCUT2D eigenvalue weighted by molar-refractivity contribution is 1.18. The highest BCUT2D eigenvalue weighted by Gasteiger charge is 2.18. The molecule has 2 heteroatoms. The van der Waals surface area contributed by atoms with Crippen molar-refractivity contribution in [2.75, 3.05) is 0 Å². The van der Waals surface area contributed by atoms with Crippen LogP contribution in [0.4, 0.5) is 0 Å². The van der Waals surface area contributed by atoms with Crippen LogP contribution in [0.25, 0.3) is 111 Å². The first kappa shape index (κ1) is 35.7. The monoisotopic (exact) mass is 788 g/mol. The highest BCUT2D eigenvalue weighted by atomic mass is 15.0. The van der Waals surface area contributed by atoms with Crippen molar-refractivity contribution in [1.29, 1.82) is 0 Å². The van der Waals surface area contributed by atoms with E-state index in [-0.39, 0.29) is 0 Å². The summed E-state index contributed by atoms with van der Waals surface area (Å²) in [7, 11) is 0. The third-order valence-corrected chi connectivity index (χ3v) is 12.5. The van der Waals surface area contributed by atoms with Crippen LogP contribution in [0.3, 0.4) is 0 Å². The van der Waals surface area contributed by atoms with E-state index in [0.29, 0.717) is 0 Å². The summed E-state index contributed by atoms with van der Waals surface area (Å²) >= 11 is 0. The maximum atomic E-state index is 2.42. The highest BCUT2D eigenvalue weighted by molar-refractivity contribution is 6.12. The first-order chi connectivity index (χ1) is 30.7. The van der Waals surface area contributed by atoms with E-state index < -0.39 is 0 Å². The number of nitrogens with zero attached hydrogens (tertiary/aromatic N) is 2. The summed E-state index contributed by atoms with van der Waals surface area (Å²) in [6.45, 7) is 0. The van der Waals surface area contributed by atoms with Gasteiger partial charge in [-0.2, -0.15) is 0 Å². The van der Waals surface area contributed by atoms with Crippen molar-refractivity contribution in [2.24, 2.45) is 0 Å². The summed E-state index contributed by atoms with van der Waals surface area (Å²) < 4.78 is 4.81. The molecule has 0 N–H and O–H groups in total. The smallest absolute Gasteiger partial charge is 0.0547 e. The normalized spacial score (nSPS) is 11.5. The van der Waals surface area contributed by atoms with E-state index in [4.69, 9.17) is 0 Å². The Kier molecular flexibility index (Phi) is 8.53. The predicted octanol–water partition coefficient (Wildman–Crippen LogP) is 16.2. The van der Waals surface area contributed by atoms with E-state index in [1.807, 2.05) is 0 Å². The first-order valence-corrected chi connectivity index (χ1v) is 21.3. The number of para-hydroxylation sites is 3. The van der Waals surface area contributed by atoms with Gasteiger partial charge in [0.1, 0.15) is 0 Å². The Hall–Kier alpha value is -8.20. The second-order valence-corrected chi connectivity index (χ2v) is 16.2. The molecule has 0 bridgehead atoms. The Morgan fingerprint density at radius 2 is 0.532 bits per heavy atom. The van der Waals surface area contributed by atoms with Gasteiger partial charge in [-0.05, 0) is 141 Å². The first-order valence-electron chi connectivity index (χ1n) is 21.3. The van der Waals surface area contributed by atoms with Gasteiger partial charge in [0.05, 0.1) is 22.1 Å². The second kappa shape index (κ2) is 14.8. The molecule has 0 saturated carbocycles. The minimum atomic E-state index is 1.15. The van der Waals surface area contributed by atoms with E-state index in [0.717, 1.165) is 11.4 Å². The summed E-state index contributed by atoms with van der Waals surface area (Å²) in [5.41, 5.74) is 19.0. The molecular formula is C60H40N2. The quantitative estimate of drug-likeness (QED) is 0.152. The van der Waals surface area contributed by atoms with E-state index in [9.17, 15) is 0 Å². The van der Waals surface area contributed by atoms with Gasteiger partial charge in [-0.1, -0.05) is 158 Å². The summed E-state index contributed by atoms with van der Waals surface area (Å²) in [5.74, 6) is 0. The van der Waals surface area contributed by atoms with Crippen molar-refractivity contribution >= 4 is 43.6 Å². The van der Waals surface area contributed by atoms with Crippen molar-refractivity contribution < 1.29 is 0 Å². The Morgan fingerprint density at radius 3 is 1.10 bits per heavy atom. The van der Waals surface area contributed by atoms with Gasteiger partial charge in [0, 0.05) is 32.9 Å². The standard InChI is InChI=1S/C60H40N2/c1-5-16-41(17-6-1)43-20-15-21-44(34-43)48-35-49(46-30-33-58-55(39-46)53-26-13-14-27-57(53)61(58)51-22-9-3-10-23-51)37-50(36-48)47-28-31-54-56-38-45(42-18-7-2-8-19-42)29-32-59(56)62(60(54)40-47)52-24-11-4-12-25-52/h1-40H. The molecule has 290 valence electrons. The van der Waals surface area contributed by atoms with Crippen molar-refractivity contribution in [3.8, 4) is 67.0 Å². The van der Waals surface area contributed by atoms with Crippen LogP contribution in [0.1, 0.15) is 0 Å². The fourth-order valence-electron chi connectivity index (χ4n) is 9.51. The molecule has 0 saturated heterocycles. The van der Waals surface area contributed by atoms with Gasteiger partial charge >= 0.3 is 0 Å². The molecule has 0 aliphatic carbocycles. The number of fused-ring (bicyclic) bond motifs is 6. The molecule has 62 heavy (non-hydrogen) atoms. The van der Waals surface area contributed by atoms with Crippen molar-refractivity contribution in [3.63, 3.8) is 0 Å². The third kappa shape index (κ3) is 6.12. The predicted molar refractivity (Wildman–Crippen MR) is 262 cm³/mol. The number of hydrogen-bond acceptors (Lipinski definition) is 0. The topological polar surface area (TPSA) is 9.86 Å². The van der Waals surface area contributed by atoms with Gasteiger partial charge < -0.3 is 9.13 Å². The second-order valence-electron chi connectivity index (χ2n) is 16.2. The average Bonchev–Trinajstić information content (AvgIpc) is 3.87. The number of aromatic nitrogens is 2. The lowest BCUT2D eigenvalue weighted by Gasteiger charge is -2.14. The molecule has 0 fully saturated rings. The zero-order valence-corrected chi connectivity index (χ0v) is 34.0. The van der Waals surface area contributed by atoms with E-state index in [1.54, 1.807) is 0 Å². The van der Waals surface area contributed by atoms with E-state index in [1.165, 1.54) is 99.2 Å². The number of benzene rings is 10. The molecular weight excluding hydrogens is 749 g/mol. The molecule has 0 atom stereocenters. The summed E-state index contributed by atoms with van der Waals surface area (Å²) in [4.78, 5) is 0. The number of rotatable bonds is 7. The number of hydrogen-bond donors (Lipinski definition) is 0. The molecule has 2 heterocycles. The van der Waals surface area contributed by atoms with Crippen LogP contribution in [-0.4, -0.2) is 9.13 Å². The van der Waals surface area contributed by atoms with Crippen LogP contribution in [0, 0.1) is 0 Å². The molecule has 0 amide bonds. The van der Waals surface area contributed by atoms with Crippen molar-refractivity contribution in [1.82, 2.24) is 9.13 Å². The van der Waals surface area contributed by atoms with Gasteiger partial charge in [0.2, 0.25) is 0 Å². The molecule has 0 unspecified atom stereocenters. The van der Waals surface area contributed by atoms with Crippen LogP contribution in [0.2, 0.25) is 0 Å². The molecule has 2 nitrogen and oxygen atoms in total. The van der Waals surface area contributed by atoms with E-state index in [2.05, 4.69) is 252 Å². The Labute approximate surface area is 360 Å². The van der Waals surface area contributed by atoms with Crippen molar-refractivity contribution in [3.05, 3.63) is 243 Å². The SMILES string of the molecule is c1ccc(-c2cccc(-c3cc(-c4ccc5c(c4)c4ccccc4n5-c4ccccc4)cc(-c4ccc5c6cc(-c7ccccc7)ccc6n(-c6ccccc6)c5c4)c3)c2)cc1. The fourth-order valence-corrected chi connectivity index (χ4v) is 9.51. The Balaban J connectivity index is 1.07. The fraction of sp³-hybridized carbons (Fsp3) is 0. The average molecular weight is 789 g/mol. The molecule has 10 aromatic carbocycles. The maximum Gasteiger partial charge on any atom is 0.0547 e. The van der Waals surface area contributed by atoms with Gasteiger partial charge in [-0.3, -0.25) is 0 Å². The van der Waals surface area contributed by atoms with Crippen LogP contribution in [-0.2, 0) is 0 Å².